The standard InChI is InChI=1S/C26H28O16/c27-11-2-1-9(3-12(11)28)16-6-14(30)19-13(29)4-10(5-17(19)40-16)41-26(37)24(36)22(34)21(33)18(42-26)8-39-25-23(35)20(32)15(31)7-38-25/h1-6,15,18,20-25,27-29,31-37H,7-8H2/t15-,18?,20?,21+,22?,23?,24?,25-,26-/m0/s1. The van der Waals surface area contributed by atoms with Crippen LogP contribution in [0.25, 0.3) is 22.3 Å². The van der Waals surface area contributed by atoms with Crippen molar-refractivity contribution in [1.29, 1.82) is 0 Å². The van der Waals surface area contributed by atoms with Crippen molar-refractivity contribution in [2.24, 2.45) is 0 Å². The van der Waals surface area contributed by atoms with Crippen molar-refractivity contribution in [2.75, 3.05) is 13.2 Å². The largest absolute Gasteiger partial charge is 0.507 e. The molecule has 2 aliphatic heterocycles. The third-order valence-corrected chi connectivity index (χ3v) is 6.93. The van der Waals surface area contributed by atoms with E-state index in [1.54, 1.807) is 0 Å². The Morgan fingerprint density at radius 2 is 1.60 bits per heavy atom. The molecular formula is C26H28O16. The molecule has 0 bridgehead atoms. The number of phenols is 3. The van der Waals surface area contributed by atoms with Gasteiger partial charge < -0.3 is 74.4 Å². The van der Waals surface area contributed by atoms with Gasteiger partial charge in [-0.1, -0.05) is 0 Å². The molecule has 5 rings (SSSR count). The molecule has 16 nitrogen and oxygen atoms in total. The van der Waals surface area contributed by atoms with Crippen LogP contribution in [0.1, 0.15) is 0 Å². The van der Waals surface area contributed by atoms with Gasteiger partial charge in [-0.2, -0.15) is 0 Å². The predicted molar refractivity (Wildman–Crippen MR) is 135 cm³/mol. The van der Waals surface area contributed by atoms with E-state index in [1.165, 1.54) is 6.07 Å². The molecule has 1 aromatic heterocycles. The fourth-order valence-electron chi connectivity index (χ4n) is 4.60. The summed E-state index contributed by atoms with van der Waals surface area (Å²) in [4.78, 5) is 12.7. The fourth-order valence-corrected chi connectivity index (χ4v) is 4.60. The first-order valence-corrected chi connectivity index (χ1v) is 12.5. The molecule has 2 aliphatic rings. The molecule has 5 unspecified atom stereocenters. The highest BCUT2D eigenvalue weighted by Crippen LogP contribution is 2.37. The first-order chi connectivity index (χ1) is 19.8. The van der Waals surface area contributed by atoms with Gasteiger partial charge in [0.1, 0.15) is 64.9 Å². The maximum Gasteiger partial charge on any atom is 0.355 e. The molecule has 0 spiro atoms. The third kappa shape index (κ3) is 5.48. The Bertz CT molecular complexity index is 1510. The van der Waals surface area contributed by atoms with Crippen LogP contribution >= 0.6 is 0 Å². The summed E-state index contributed by atoms with van der Waals surface area (Å²) in [5.74, 6) is -5.14. The minimum Gasteiger partial charge on any atom is -0.507 e. The van der Waals surface area contributed by atoms with Crippen LogP contribution in [0.2, 0.25) is 0 Å². The van der Waals surface area contributed by atoms with Crippen molar-refractivity contribution in [1.82, 2.24) is 0 Å². The third-order valence-electron chi connectivity index (χ3n) is 6.93. The number of hydrogen-bond acceptors (Lipinski definition) is 16. The van der Waals surface area contributed by atoms with Crippen LogP contribution in [0.5, 0.6) is 23.0 Å². The van der Waals surface area contributed by atoms with Crippen molar-refractivity contribution in [3.8, 4) is 34.3 Å². The summed E-state index contributed by atoms with van der Waals surface area (Å²) in [7, 11) is 0. The van der Waals surface area contributed by atoms with Gasteiger partial charge in [-0.25, -0.2) is 0 Å². The Morgan fingerprint density at radius 1 is 0.857 bits per heavy atom. The summed E-state index contributed by atoms with van der Waals surface area (Å²) in [6.07, 6.45) is -14.0. The molecule has 10 N–H and O–H groups in total. The van der Waals surface area contributed by atoms with E-state index in [-0.39, 0.29) is 28.9 Å². The average Bonchev–Trinajstić information content (AvgIpc) is 2.94. The summed E-state index contributed by atoms with van der Waals surface area (Å²) in [6.45, 7) is -1.07. The maximum atomic E-state index is 12.7. The highest BCUT2D eigenvalue weighted by molar-refractivity contribution is 5.86. The number of fused-ring (bicyclic) bond motifs is 1. The Labute approximate surface area is 235 Å². The molecular weight excluding hydrogens is 568 g/mol. The van der Waals surface area contributed by atoms with Gasteiger partial charge in [-0.05, 0) is 18.2 Å². The van der Waals surface area contributed by atoms with E-state index in [9.17, 15) is 55.9 Å². The molecule has 3 aromatic rings. The quantitative estimate of drug-likeness (QED) is 0.104. The van der Waals surface area contributed by atoms with Gasteiger partial charge >= 0.3 is 5.97 Å². The molecule has 16 heteroatoms. The van der Waals surface area contributed by atoms with E-state index in [1.807, 2.05) is 0 Å². The van der Waals surface area contributed by atoms with Gasteiger partial charge in [0.2, 0.25) is 0 Å². The SMILES string of the molecule is O=c1cc(-c2ccc(O)c(O)c2)oc2cc(O[C@]3(O)OC(CO[C@@H]4OC[C@H](O)C(O)C4O)[C@@H](O)C(O)C3O)cc(O)c12. The van der Waals surface area contributed by atoms with Crippen LogP contribution in [0, 0.1) is 0 Å². The van der Waals surface area contributed by atoms with Crippen molar-refractivity contribution in [3.63, 3.8) is 0 Å². The highest BCUT2D eigenvalue weighted by atomic mass is 16.8. The molecule has 0 saturated carbocycles. The van der Waals surface area contributed by atoms with Gasteiger partial charge in [-0.15, -0.1) is 0 Å². The second-order valence-corrected chi connectivity index (χ2v) is 9.89. The van der Waals surface area contributed by atoms with Crippen molar-refractivity contribution >= 4 is 11.0 Å². The lowest BCUT2D eigenvalue weighted by atomic mass is 9.97. The number of aromatic hydroxyl groups is 3. The molecule has 2 fully saturated rings. The number of rotatable bonds is 6. The van der Waals surface area contributed by atoms with Crippen molar-refractivity contribution in [3.05, 3.63) is 46.6 Å². The summed E-state index contributed by atoms with van der Waals surface area (Å²) in [5, 5.41) is 101. The van der Waals surface area contributed by atoms with Crippen LogP contribution in [-0.2, 0) is 14.2 Å². The Kier molecular flexibility index (Phi) is 8.03. The molecule has 2 aromatic carbocycles. The van der Waals surface area contributed by atoms with Crippen LogP contribution in [0.15, 0.2) is 45.6 Å². The van der Waals surface area contributed by atoms with Gasteiger partial charge in [0.15, 0.2) is 29.3 Å². The molecule has 2 saturated heterocycles. The Morgan fingerprint density at radius 3 is 2.31 bits per heavy atom. The average molecular weight is 596 g/mol. The fraction of sp³-hybridized carbons (Fsp3) is 0.423. The van der Waals surface area contributed by atoms with Crippen LogP contribution < -0.4 is 10.2 Å². The van der Waals surface area contributed by atoms with Gasteiger partial charge in [0.05, 0.1) is 13.2 Å². The zero-order chi connectivity index (χ0) is 30.5. The second-order valence-electron chi connectivity index (χ2n) is 9.89. The van der Waals surface area contributed by atoms with Crippen molar-refractivity contribution in [2.45, 2.75) is 55.0 Å². The lowest BCUT2D eigenvalue weighted by Crippen LogP contribution is -2.67. The number of benzene rings is 2. The number of aliphatic hydroxyl groups excluding tert-OH is 6. The number of hydrogen-bond donors (Lipinski definition) is 10. The Balaban J connectivity index is 1.40. The van der Waals surface area contributed by atoms with E-state index < -0.39 is 90.0 Å². The Hall–Kier alpha value is -3.55. The van der Waals surface area contributed by atoms with Crippen LogP contribution in [-0.4, -0.2) is 119 Å². The summed E-state index contributed by atoms with van der Waals surface area (Å²) in [5.41, 5.74) is -0.775. The molecule has 42 heavy (non-hydrogen) atoms. The smallest absolute Gasteiger partial charge is 0.355 e. The minimum atomic E-state index is -3.07. The number of ether oxygens (including phenoxy) is 4. The van der Waals surface area contributed by atoms with Gasteiger partial charge in [0, 0.05) is 23.8 Å². The highest BCUT2D eigenvalue weighted by Gasteiger charge is 2.55. The topological polar surface area (TPSA) is 269 Å². The maximum absolute atomic E-state index is 12.7. The zero-order valence-electron chi connectivity index (χ0n) is 21.4. The lowest BCUT2D eigenvalue weighted by Gasteiger charge is -2.45. The van der Waals surface area contributed by atoms with Gasteiger partial charge in [0.25, 0.3) is 0 Å². The zero-order valence-corrected chi connectivity index (χ0v) is 21.4. The first kappa shape index (κ1) is 29.9. The van der Waals surface area contributed by atoms with Gasteiger partial charge in [-0.3, -0.25) is 4.79 Å². The second kappa shape index (κ2) is 11.3. The molecule has 3 heterocycles. The van der Waals surface area contributed by atoms with E-state index >= 15 is 0 Å². The molecule has 0 aliphatic carbocycles. The van der Waals surface area contributed by atoms with E-state index in [2.05, 4.69) is 0 Å². The number of phenolic OH excluding ortho intramolecular Hbond substituents is 3. The van der Waals surface area contributed by atoms with E-state index in [0.29, 0.717) is 0 Å². The molecule has 9 atom stereocenters. The normalized spacial score (nSPS) is 33.5. The number of aliphatic hydroxyl groups is 7. The van der Waals surface area contributed by atoms with Crippen LogP contribution in [0.4, 0.5) is 0 Å². The first-order valence-electron chi connectivity index (χ1n) is 12.5. The lowest BCUT2D eigenvalue weighted by molar-refractivity contribution is -0.425. The van der Waals surface area contributed by atoms with E-state index in [0.717, 1.165) is 30.3 Å². The minimum absolute atomic E-state index is 0.0764. The molecule has 0 radical (unpaired) electrons. The summed E-state index contributed by atoms with van der Waals surface area (Å²) in [6, 6.07) is 6.62. The predicted octanol–water partition coefficient (Wildman–Crippen LogP) is -2.46. The van der Waals surface area contributed by atoms with E-state index in [4.69, 9.17) is 23.4 Å². The monoisotopic (exact) mass is 596 g/mol. The van der Waals surface area contributed by atoms with Crippen molar-refractivity contribution < 1.29 is 74.4 Å². The molecule has 228 valence electrons. The summed E-state index contributed by atoms with van der Waals surface area (Å²) >= 11 is 0. The van der Waals surface area contributed by atoms with Crippen LogP contribution in [0.3, 0.4) is 0 Å². The summed E-state index contributed by atoms with van der Waals surface area (Å²) < 4.78 is 26.8. The molecule has 0 amide bonds.